The number of hydrogen-bond donors (Lipinski definition) is 0. The fourth-order valence-corrected chi connectivity index (χ4v) is 2.66. The summed E-state index contributed by atoms with van der Waals surface area (Å²) in [5, 5.41) is 12.9. The van der Waals surface area contributed by atoms with Crippen LogP contribution in [0, 0.1) is 18.3 Å². The van der Waals surface area contributed by atoms with Gasteiger partial charge in [-0.2, -0.15) is 10.4 Å². The van der Waals surface area contributed by atoms with Crippen LogP contribution in [0.25, 0.3) is 5.65 Å². The van der Waals surface area contributed by atoms with Gasteiger partial charge in [-0.25, -0.2) is 9.50 Å². The van der Waals surface area contributed by atoms with Crippen LogP contribution in [0.15, 0.2) is 30.0 Å². The first-order valence-corrected chi connectivity index (χ1v) is 6.17. The maximum Gasteiger partial charge on any atom is 0.155 e. The minimum absolute atomic E-state index is 0.447. The molecule has 0 aromatic carbocycles. The molecule has 4 heteroatoms. The Morgan fingerprint density at radius 3 is 3.28 bits per heavy atom. The Bertz CT molecular complexity index is 660. The highest BCUT2D eigenvalue weighted by Crippen LogP contribution is 2.37. The lowest BCUT2D eigenvalue weighted by molar-refractivity contribution is 0.698. The Morgan fingerprint density at radius 2 is 2.44 bits per heavy atom. The fraction of sp³-hybridized carbons (Fsp3) is 0.357. The van der Waals surface area contributed by atoms with E-state index in [0.717, 1.165) is 36.3 Å². The average Bonchev–Trinajstić information content (AvgIpc) is 2.97. The van der Waals surface area contributed by atoms with Gasteiger partial charge in [-0.15, -0.1) is 0 Å². The molecule has 1 saturated carbocycles. The third-order valence-corrected chi connectivity index (χ3v) is 3.57. The molecule has 1 aliphatic rings. The molecule has 2 heterocycles. The molecule has 3 rings (SSSR count). The molecule has 0 saturated heterocycles. The summed E-state index contributed by atoms with van der Waals surface area (Å²) in [5.74, 6) is 0.447. The number of fused-ring (bicyclic) bond motifs is 1. The predicted molar refractivity (Wildman–Crippen MR) is 68.0 cm³/mol. The highest BCUT2D eigenvalue weighted by molar-refractivity contribution is 5.40. The standard InChI is InChI=1S/C14H14N4/c1-10-8-13(17-14-5-7-16-18(10)14)12-3-2-11(9-12)4-6-15/h4-5,7-8,12H,2-3,9H2,1H3/b11-4-. The third kappa shape index (κ3) is 1.78. The molecular weight excluding hydrogens is 224 g/mol. The molecule has 0 aliphatic heterocycles. The van der Waals surface area contributed by atoms with Gasteiger partial charge in [-0.1, -0.05) is 5.57 Å². The van der Waals surface area contributed by atoms with Crippen LogP contribution in [0.2, 0.25) is 0 Å². The van der Waals surface area contributed by atoms with Gasteiger partial charge < -0.3 is 0 Å². The Labute approximate surface area is 106 Å². The average molecular weight is 238 g/mol. The highest BCUT2D eigenvalue weighted by Gasteiger charge is 2.22. The SMILES string of the molecule is Cc1cc(C2CC/C(=C/C#N)C2)nc2ccnn12. The number of hydrogen-bond acceptors (Lipinski definition) is 3. The quantitative estimate of drug-likeness (QED) is 0.718. The summed E-state index contributed by atoms with van der Waals surface area (Å²) in [6, 6.07) is 6.16. The van der Waals surface area contributed by atoms with Crippen molar-refractivity contribution in [1.82, 2.24) is 14.6 Å². The van der Waals surface area contributed by atoms with E-state index >= 15 is 0 Å². The number of nitrogens with zero attached hydrogens (tertiary/aromatic N) is 4. The zero-order chi connectivity index (χ0) is 12.5. The minimum Gasteiger partial charge on any atom is -0.233 e. The first-order chi connectivity index (χ1) is 8.78. The van der Waals surface area contributed by atoms with Crippen molar-refractivity contribution in [2.45, 2.75) is 32.1 Å². The molecule has 0 bridgehead atoms. The number of aryl methyl sites for hydroxylation is 1. The van der Waals surface area contributed by atoms with Crippen molar-refractivity contribution in [3.63, 3.8) is 0 Å². The Balaban J connectivity index is 1.96. The Hall–Kier alpha value is -2.15. The van der Waals surface area contributed by atoms with Gasteiger partial charge in [0.1, 0.15) is 0 Å². The molecular formula is C14H14N4. The summed E-state index contributed by atoms with van der Waals surface area (Å²) in [4.78, 5) is 4.66. The molecule has 1 fully saturated rings. The zero-order valence-corrected chi connectivity index (χ0v) is 10.3. The lowest BCUT2D eigenvalue weighted by Crippen LogP contribution is -2.02. The molecule has 1 unspecified atom stereocenters. The van der Waals surface area contributed by atoms with Gasteiger partial charge >= 0.3 is 0 Å². The summed E-state index contributed by atoms with van der Waals surface area (Å²) in [6.07, 6.45) is 6.52. The number of allylic oxidation sites excluding steroid dienone is 2. The van der Waals surface area contributed by atoms with E-state index in [-0.39, 0.29) is 0 Å². The summed E-state index contributed by atoms with van der Waals surface area (Å²) in [7, 11) is 0. The van der Waals surface area contributed by atoms with E-state index in [1.807, 2.05) is 17.5 Å². The van der Waals surface area contributed by atoms with E-state index in [2.05, 4.69) is 22.2 Å². The van der Waals surface area contributed by atoms with Crippen LogP contribution in [0.3, 0.4) is 0 Å². The largest absolute Gasteiger partial charge is 0.233 e. The van der Waals surface area contributed by atoms with Crippen LogP contribution < -0.4 is 0 Å². The first kappa shape index (κ1) is 11.0. The lowest BCUT2D eigenvalue weighted by Gasteiger charge is -2.10. The summed E-state index contributed by atoms with van der Waals surface area (Å²) in [5.41, 5.74) is 4.39. The number of nitriles is 1. The van der Waals surface area contributed by atoms with Gasteiger partial charge in [-0.05, 0) is 32.3 Å². The van der Waals surface area contributed by atoms with E-state index in [1.165, 1.54) is 5.57 Å². The van der Waals surface area contributed by atoms with Gasteiger partial charge in [0, 0.05) is 29.4 Å². The molecule has 18 heavy (non-hydrogen) atoms. The van der Waals surface area contributed by atoms with Gasteiger partial charge in [-0.3, -0.25) is 0 Å². The predicted octanol–water partition coefficient (Wildman–Crippen LogP) is 2.76. The van der Waals surface area contributed by atoms with Crippen molar-refractivity contribution >= 4 is 5.65 Å². The second kappa shape index (κ2) is 4.26. The van der Waals surface area contributed by atoms with Crippen molar-refractivity contribution in [3.8, 4) is 6.07 Å². The summed E-state index contributed by atoms with van der Waals surface area (Å²) in [6.45, 7) is 2.05. The Morgan fingerprint density at radius 1 is 1.56 bits per heavy atom. The van der Waals surface area contributed by atoms with Gasteiger partial charge in [0.05, 0.1) is 12.3 Å². The van der Waals surface area contributed by atoms with Crippen LogP contribution in [-0.2, 0) is 0 Å². The molecule has 0 amide bonds. The van der Waals surface area contributed by atoms with Crippen molar-refractivity contribution in [2.24, 2.45) is 0 Å². The minimum atomic E-state index is 0.447. The molecule has 0 spiro atoms. The fourth-order valence-electron chi connectivity index (χ4n) is 2.66. The van der Waals surface area contributed by atoms with Crippen LogP contribution >= 0.6 is 0 Å². The van der Waals surface area contributed by atoms with Crippen molar-refractivity contribution in [1.29, 1.82) is 5.26 Å². The molecule has 4 nitrogen and oxygen atoms in total. The van der Waals surface area contributed by atoms with Crippen molar-refractivity contribution < 1.29 is 0 Å². The highest BCUT2D eigenvalue weighted by atomic mass is 15.2. The topological polar surface area (TPSA) is 54.0 Å². The van der Waals surface area contributed by atoms with Crippen molar-refractivity contribution in [3.05, 3.63) is 41.4 Å². The van der Waals surface area contributed by atoms with E-state index in [9.17, 15) is 0 Å². The number of aromatic nitrogens is 3. The third-order valence-electron chi connectivity index (χ3n) is 3.57. The van der Waals surface area contributed by atoms with E-state index in [1.54, 1.807) is 12.3 Å². The zero-order valence-electron chi connectivity index (χ0n) is 10.3. The van der Waals surface area contributed by atoms with Gasteiger partial charge in [0.2, 0.25) is 0 Å². The van der Waals surface area contributed by atoms with Crippen LogP contribution in [0.5, 0.6) is 0 Å². The van der Waals surface area contributed by atoms with E-state index in [4.69, 9.17) is 5.26 Å². The summed E-state index contributed by atoms with van der Waals surface area (Å²) < 4.78 is 1.85. The van der Waals surface area contributed by atoms with Crippen LogP contribution in [0.1, 0.15) is 36.6 Å². The molecule has 90 valence electrons. The maximum absolute atomic E-state index is 8.69. The molecule has 0 N–H and O–H groups in total. The number of rotatable bonds is 1. The van der Waals surface area contributed by atoms with E-state index < -0.39 is 0 Å². The molecule has 1 aliphatic carbocycles. The van der Waals surface area contributed by atoms with Gasteiger partial charge in [0.15, 0.2) is 5.65 Å². The second-order valence-electron chi connectivity index (χ2n) is 4.80. The summed E-state index contributed by atoms with van der Waals surface area (Å²) >= 11 is 0. The molecule has 2 aromatic rings. The smallest absolute Gasteiger partial charge is 0.155 e. The molecule has 0 radical (unpaired) electrons. The molecule has 1 atom stereocenters. The van der Waals surface area contributed by atoms with E-state index in [0.29, 0.717) is 5.92 Å². The first-order valence-electron chi connectivity index (χ1n) is 6.17. The van der Waals surface area contributed by atoms with Crippen LogP contribution in [-0.4, -0.2) is 14.6 Å². The van der Waals surface area contributed by atoms with Gasteiger partial charge in [0.25, 0.3) is 0 Å². The Kier molecular flexibility index (Phi) is 2.60. The second-order valence-corrected chi connectivity index (χ2v) is 4.80. The van der Waals surface area contributed by atoms with Crippen LogP contribution in [0.4, 0.5) is 0 Å². The normalized spacial score (nSPS) is 21.6. The molecule has 2 aromatic heterocycles. The monoisotopic (exact) mass is 238 g/mol. The maximum atomic E-state index is 8.69. The van der Waals surface area contributed by atoms with Crippen molar-refractivity contribution in [2.75, 3.05) is 0 Å². The lowest BCUT2D eigenvalue weighted by atomic mass is 10.0.